The molecule has 0 fully saturated rings. The van der Waals surface area contributed by atoms with Crippen LogP contribution in [0, 0.1) is 0 Å². The van der Waals surface area contributed by atoms with Gasteiger partial charge in [-0.2, -0.15) is 4.31 Å². The van der Waals surface area contributed by atoms with Crippen molar-refractivity contribution in [2.24, 2.45) is 0 Å². The van der Waals surface area contributed by atoms with Crippen molar-refractivity contribution in [3.8, 4) is 5.69 Å². The van der Waals surface area contributed by atoms with Crippen LogP contribution in [0.25, 0.3) is 5.69 Å². The molecule has 0 radical (unpaired) electrons. The number of benzene rings is 2. The third kappa shape index (κ3) is 4.60. The first-order valence-electron chi connectivity index (χ1n) is 9.67. The van der Waals surface area contributed by atoms with Gasteiger partial charge in [-0.1, -0.05) is 18.2 Å². The largest absolute Gasteiger partial charge is 0.346 e. The molecule has 1 atom stereocenters. The van der Waals surface area contributed by atoms with E-state index in [1.54, 1.807) is 38.5 Å². The number of carbonyl (C=O) groups is 1. The first kappa shape index (κ1) is 21.7. The van der Waals surface area contributed by atoms with Gasteiger partial charge in [-0.3, -0.25) is 4.79 Å². The lowest BCUT2D eigenvalue weighted by Crippen LogP contribution is -2.33. The summed E-state index contributed by atoms with van der Waals surface area (Å²) in [4.78, 5) is 16.9. The average molecular weight is 427 g/mol. The first-order chi connectivity index (χ1) is 14.2. The lowest BCUT2D eigenvalue weighted by Gasteiger charge is -2.21. The Hall–Kier alpha value is -2.97. The molecule has 1 heterocycles. The van der Waals surface area contributed by atoms with E-state index in [0.29, 0.717) is 5.56 Å². The SMILES string of the molecule is CC(NC(=O)c1cccc(S(=O)(=O)N(C)C(C)C)c1)c1ccc(-n2ccnc2)cc1. The smallest absolute Gasteiger partial charge is 0.251 e. The van der Waals surface area contributed by atoms with Crippen molar-refractivity contribution in [3.05, 3.63) is 78.4 Å². The van der Waals surface area contributed by atoms with Crippen LogP contribution in [0.2, 0.25) is 0 Å². The Morgan fingerprint density at radius 1 is 1.10 bits per heavy atom. The van der Waals surface area contributed by atoms with Gasteiger partial charge in [0.15, 0.2) is 0 Å². The molecule has 30 heavy (non-hydrogen) atoms. The van der Waals surface area contributed by atoms with Crippen LogP contribution in [0.15, 0.2) is 72.1 Å². The maximum atomic E-state index is 12.7. The van der Waals surface area contributed by atoms with Crippen LogP contribution < -0.4 is 5.32 Å². The van der Waals surface area contributed by atoms with Gasteiger partial charge in [0.1, 0.15) is 0 Å². The zero-order chi connectivity index (χ0) is 21.9. The summed E-state index contributed by atoms with van der Waals surface area (Å²) >= 11 is 0. The number of aromatic nitrogens is 2. The maximum absolute atomic E-state index is 12.7. The number of hydrogen-bond donors (Lipinski definition) is 1. The Labute approximate surface area is 177 Å². The summed E-state index contributed by atoms with van der Waals surface area (Å²) in [5.74, 6) is -0.328. The van der Waals surface area contributed by atoms with Gasteiger partial charge in [0, 0.05) is 36.7 Å². The lowest BCUT2D eigenvalue weighted by molar-refractivity contribution is 0.0939. The van der Waals surface area contributed by atoms with Crippen LogP contribution >= 0.6 is 0 Å². The van der Waals surface area contributed by atoms with Gasteiger partial charge in [0.05, 0.1) is 17.3 Å². The fourth-order valence-corrected chi connectivity index (χ4v) is 4.37. The molecule has 2 aromatic carbocycles. The average Bonchev–Trinajstić information content (AvgIpc) is 3.28. The van der Waals surface area contributed by atoms with E-state index in [-0.39, 0.29) is 22.9 Å². The highest BCUT2D eigenvalue weighted by atomic mass is 32.2. The van der Waals surface area contributed by atoms with E-state index in [0.717, 1.165) is 11.3 Å². The second-order valence-electron chi connectivity index (χ2n) is 7.40. The molecule has 7 nitrogen and oxygen atoms in total. The van der Waals surface area contributed by atoms with E-state index < -0.39 is 10.0 Å². The summed E-state index contributed by atoms with van der Waals surface area (Å²) < 4.78 is 28.6. The Morgan fingerprint density at radius 3 is 2.40 bits per heavy atom. The van der Waals surface area contributed by atoms with Gasteiger partial charge < -0.3 is 9.88 Å². The molecule has 3 aromatic rings. The van der Waals surface area contributed by atoms with Crippen LogP contribution in [0.4, 0.5) is 0 Å². The van der Waals surface area contributed by atoms with E-state index in [1.165, 1.54) is 23.5 Å². The van der Waals surface area contributed by atoms with Crippen LogP contribution in [-0.4, -0.2) is 41.3 Å². The van der Waals surface area contributed by atoms with Crippen molar-refractivity contribution in [2.45, 2.75) is 37.8 Å². The number of nitrogens with zero attached hydrogens (tertiary/aromatic N) is 3. The molecule has 0 aliphatic rings. The second-order valence-corrected chi connectivity index (χ2v) is 9.40. The Morgan fingerprint density at radius 2 is 1.80 bits per heavy atom. The molecule has 0 aliphatic heterocycles. The van der Waals surface area contributed by atoms with Gasteiger partial charge in [0.2, 0.25) is 10.0 Å². The van der Waals surface area contributed by atoms with Crippen LogP contribution in [-0.2, 0) is 10.0 Å². The number of sulfonamides is 1. The predicted octanol–water partition coefficient (Wildman–Crippen LogP) is 3.39. The lowest BCUT2D eigenvalue weighted by atomic mass is 10.1. The summed E-state index contributed by atoms with van der Waals surface area (Å²) in [5.41, 5.74) is 2.22. The molecule has 1 amide bonds. The van der Waals surface area contributed by atoms with Crippen LogP contribution in [0.1, 0.15) is 42.7 Å². The van der Waals surface area contributed by atoms with Gasteiger partial charge in [-0.05, 0) is 56.7 Å². The van der Waals surface area contributed by atoms with E-state index >= 15 is 0 Å². The summed E-state index contributed by atoms with van der Waals surface area (Å²) in [5, 5.41) is 2.93. The zero-order valence-electron chi connectivity index (χ0n) is 17.5. The number of imidazole rings is 1. The molecule has 0 spiro atoms. The standard InChI is InChI=1S/C22H26N4O3S/c1-16(2)25(4)30(28,29)21-7-5-6-19(14-21)22(27)24-17(3)18-8-10-20(11-9-18)26-13-12-23-15-26/h5-17H,1-4H3,(H,24,27). The minimum atomic E-state index is -3.66. The molecule has 1 aromatic heterocycles. The molecule has 8 heteroatoms. The third-order valence-corrected chi connectivity index (χ3v) is 7.07. The van der Waals surface area contributed by atoms with Gasteiger partial charge in [-0.15, -0.1) is 0 Å². The Kier molecular flexibility index (Phi) is 6.38. The highest BCUT2D eigenvalue weighted by Gasteiger charge is 2.24. The molecule has 0 saturated heterocycles. The molecule has 158 valence electrons. The van der Waals surface area contributed by atoms with E-state index in [1.807, 2.05) is 42.0 Å². The molecule has 0 saturated carbocycles. The highest BCUT2D eigenvalue weighted by Crippen LogP contribution is 2.20. The Bertz CT molecular complexity index is 1110. The monoisotopic (exact) mass is 426 g/mol. The normalized spacial score (nSPS) is 12.9. The first-order valence-corrected chi connectivity index (χ1v) is 11.1. The zero-order valence-corrected chi connectivity index (χ0v) is 18.3. The van der Waals surface area contributed by atoms with Crippen molar-refractivity contribution < 1.29 is 13.2 Å². The van der Waals surface area contributed by atoms with Gasteiger partial charge in [0.25, 0.3) is 5.91 Å². The quantitative estimate of drug-likeness (QED) is 0.628. The molecular formula is C22H26N4O3S. The molecular weight excluding hydrogens is 400 g/mol. The third-order valence-electron chi connectivity index (χ3n) is 5.04. The van der Waals surface area contributed by atoms with Crippen LogP contribution in [0.3, 0.4) is 0 Å². The summed E-state index contributed by atoms with van der Waals surface area (Å²) in [6, 6.07) is 13.5. The molecule has 3 rings (SSSR count). The molecule has 0 aliphatic carbocycles. The van der Waals surface area contributed by atoms with Crippen LogP contribution in [0.5, 0.6) is 0 Å². The molecule has 1 N–H and O–H groups in total. The number of rotatable bonds is 7. The number of carbonyl (C=O) groups excluding carboxylic acids is 1. The highest BCUT2D eigenvalue weighted by molar-refractivity contribution is 7.89. The predicted molar refractivity (Wildman–Crippen MR) is 116 cm³/mol. The summed E-state index contributed by atoms with van der Waals surface area (Å²) in [7, 11) is -2.13. The van der Waals surface area contributed by atoms with Crippen molar-refractivity contribution in [1.29, 1.82) is 0 Å². The summed E-state index contributed by atoms with van der Waals surface area (Å²) in [6.45, 7) is 5.49. The van der Waals surface area contributed by atoms with E-state index in [2.05, 4.69) is 10.3 Å². The maximum Gasteiger partial charge on any atom is 0.251 e. The topological polar surface area (TPSA) is 84.3 Å². The van der Waals surface area contributed by atoms with Crippen molar-refractivity contribution in [3.63, 3.8) is 0 Å². The van der Waals surface area contributed by atoms with Gasteiger partial charge >= 0.3 is 0 Å². The second kappa shape index (κ2) is 8.81. The summed E-state index contributed by atoms with van der Waals surface area (Å²) in [6.07, 6.45) is 5.29. The number of hydrogen-bond acceptors (Lipinski definition) is 4. The fourth-order valence-electron chi connectivity index (χ4n) is 2.95. The van der Waals surface area contributed by atoms with Crippen molar-refractivity contribution in [1.82, 2.24) is 19.2 Å². The fraction of sp³-hybridized carbons (Fsp3) is 0.273. The minimum Gasteiger partial charge on any atom is -0.346 e. The van der Waals surface area contributed by atoms with Crippen molar-refractivity contribution in [2.75, 3.05) is 7.05 Å². The Balaban J connectivity index is 1.74. The number of nitrogens with one attached hydrogen (secondary N) is 1. The van der Waals surface area contributed by atoms with Crippen molar-refractivity contribution >= 4 is 15.9 Å². The molecule has 1 unspecified atom stereocenters. The minimum absolute atomic E-state index is 0.101. The van der Waals surface area contributed by atoms with E-state index in [4.69, 9.17) is 0 Å². The number of amides is 1. The van der Waals surface area contributed by atoms with E-state index in [9.17, 15) is 13.2 Å². The molecule has 0 bridgehead atoms. The van der Waals surface area contributed by atoms with Gasteiger partial charge in [-0.25, -0.2) is 13.4 Å².